The lowest BCUT2D eigenvalue weighted by molar-refractivity contribution is -0.144. The molecule has 6 nitrogen and oxygen atoms in total. The lowest BCUT2D eigenvalue weighted by atomic mass is 10.1. The quantitative estimate of drug-likeness (QED) is 0.386. The highest BCUT2D eigenvalue weighted by atomic mass is 16.6. The fourth-order valence-electron chi connectivity index (χ4n) is 1.88. The Morgan fingerprint density at radius 3 is 2.18 bits per heavy atom. The molecule has 1 amide bonds. The molecule has 0 rings (SSSR count). The predicted molar refractivity (Wildman–Crippen MR) is 84.8 cm³/mol. The molecule has 6 heteroatoms. The van der Waals surface area contributed by atoms with E-state index in [1.807, 2.05) is 0 Å². The van der Waals surface area contributed by atoms with Crippen molar-refractivity contribution >= 4 is 12.1 Å². The fourth-order valence-corrected chi connectivity index (χ4v) is 1.88. The van der Waals surface area contributed by atoms with Crippen LogP contribution in [0.3, 0.4) is 0 Å². The zero-order chi connectivity index (χ0) is 16.6. The number of nitrogens with zero attached hydrogens (tertiary/aromatic N) is 1. The highest BCUT2D eigenvalue weighted by Crippen LogP contribution is 2.05. The smallest absolute Gasteiger partial charge is 0.410 e. The molecule has 0 aliphatic carbocycles. The Morgan fingerprint density at radius 1 is 0.864 bits per heavy atom. The third-order valence-electron chi connectivity index (χ3n) is 3.23. The number of hydrogen-bond donors (Lipinski definition) is 0. The molecule has 0 heterocycles. The molecule has 0 aromatic heterocycles. The maximum atomic E-state index is 11.7. The number of amides is 1. The van der Waals surface area contributed by atoms with Crippen molar-refractivity contribution in [1.82, 2.24) is 4.90 Å². The van der Waals surface area contributed by atoms with E-state index in [9.17, 15) is 9.59 Å². The van der Waals surface area contributed by atoms with E-state index in [2.05, 4.69) is 6.92 Å². The van der Waals surface area contributed by atoms with Gasteiger partial charge in [0.05, 0.1) is 13.2 Å². The Balaban J connectivity index is 3.75. The number of unbranched alkanes of at least 4 members (excludes halogenated alkanes) is 5. The van der Waals surface area contributed by atoms with Gasteiger partial charge in [0.2, 0.25) is 0 Å². The summed E-state index contributed by atoms with van der Waals surface area (Å²) in [5, 5.41) is 0. The summed E-state index contributed by atoms with van der Waals surface area (Å²) in [5.41, 5.74) is 0. The molecule has 0 aromatic carbocycles. The van der Waals surface area contributed by atoms with Crippen molar-refractivity contribution < 1.29 is 23.8 Å². The lowest BCUT2D eigenvalue weighted by Crippen LogP contribution is -2.37. The lowest BCUT2D eigenvalue weighted by Gasteiger charge is -2.19. The van der Waals surface area contributed by atoms with Crippen LogP contribution in [-0.4, -0.2) is 57.0 Å². The minimum Gasteiger partial charge on any atom is -0.464 e. The number of methoxy groups -OCH3 is 1. The molecule has 0 atom stereocenters. The van der Waals surface area contributed by atoms with Crippen LogP contribution in [0.25, 0.3) is 0 Å². The van der Waals surface area contributed by atoms with Crippen molar-refractivity contribution in [2.24, 2.45) is 0 Å². The SMILES string of the molecule is CCCCCCCCOC(=O)CN(CC)C(=O)OCCOC. The standard InChI is InChI=1S/C16H31NO5/c1-4-6-7-8-9-10-11-21-15(18)14-17(5-2)16(19)22-13-12-20-3/h4-14H2,1-3H3. The average molecular weight is 317 g/mol. The summed E-state index contributed by atoms with van der Waals surface area (Å²) in [5.74, 6) is -0.390. The molecule has 0 aromatic rings. The van der Waals surface area contributed by atoms with Gasteiger partial charge in [-0.3, -0.25) is 9.69 Å². The number of ether oxygens (including phenoxy) is 3. The maximum Gasteiger partial charge on any atom is 0.410 e. The van der Waals surface area contributed by atoms with Crippen molar-refractivity contribution in [2.75, 3.05) is 40.0 Å². The van der Waals surface area contributed by atoms with Crippen molar-refractivity contribution in [1.29, 1.82) is 0 Å². The zero-order valence-electron chi connectivity index (χ0n) is 14.3. The predicted octanol–water partition coefficient (Wildman–Crippen LogP) is 3.00. The minimum atomic E-state index is -0.518. The van der Waals surface area contributed by atoms with Crippen molar-refractivity contribution in [3.05, 3.63) is 0 Å². The Bertz CT molecular complexity index is 296. The maximum absolute atomic E-state index is 11.7. The van der Waals surface area contributed by atoms with E-state index in [4.69, 9.17) is 14.2 Å². The molecule has 130 valence electrons. The van der Waals surface area contributed by atoms with Gasteiger partial charge in [-0.2, -0.15) is 0 Å². The summed E-state index contributed by atoms with van der Waals surface area (Å²) < 4.78 is 14.9. The van der Waals surface area contributed by atoms with Crippen molar-refractivity contribution in [3.8, 4) is 0 Å². The van der Waals surface area contributed by atoms with Crippen LogP contribution in [0.5, 0.6) is 0 Å². The van der Waals surface area contributed by atoms with E-state index < -0.39 is 6.09 Å². The first-order valence-corrected chi connectivity index (χ1v) is 8.21. The number of esters is 1. The number of likely N-dealkylation sites (N-methyl/N-ethyl adjacent to an activating group) is 1. The molecule has 0 spiro atoms. The van der Waals surface area contributed by atoms with Gasteiger partial charge in [0, 0.05) is 13.7 Å². The van der Waals surface area contributed by atoms with Crippen molar-refractivity contribution in [2.45, 2.75) is 52.4 Å². The van der Waals surface area contributed by atoms with Crippen LogP contribution in [-0.2, 0) is 19.0 Å². The number of carbonyl (C=O) groups is 2. The highest BCUT2D eigenvalue weighted by molar-refractivity contribution is 5.78. The summed E-state index contributed by atoms with van der Waals surface area (Å²) >= 11 is 0. The monoisotopic (exact) mass is 317 g/mol. The Labute approximate surface area is 134 Å². The number of rotatable bonds is 13. The summed E-state index contributed by atoms with van der Waals surface area (Å²) in [7, 11) is 1.53. The third-order valence-corrected chi connectivity index (χ3v) is 3.23. The summed E-state index contributed by atoms with van der Waals surface area (Å²) in [6.07, 6.45) is 6.33. The molecule has 0 radical (unpaired) electrons. The molecular formula is C16H31NO5. The summed E-state index contributed by atoms with van der Waals surface area (Å²) in [4.78, 5) is 24.7. The van der Waals surface area contributed by atoms with Gasteiger partial charge < -0.3 is 14.2 Å². The molecule has 0 saturated carbocycles. The number of carbonyl (C=O) groups excluding carboxylic acids is 2. The molecule has 0 saturated heterocycles. The van der Waals surface area contributed by atoms with E-state index in [1.54, 1.807) is 6.92 Å². The topological polar surface area (TPSA) is 65.1 Å². The van der Waals surface area contributed by atoms with Crippen molar-refractivity contribution in [3.63, 3.8) is 0 Å². The average Bonchev–Trinajstić information content (AvgIpc) is 2.51. The van der Waals surface area contributed by atoms with E-state index in [-0.39, 0.29) is 19.1 Å². The molecule has 0 unspecified atom stereocenters. The van der Waals surface area contributed by atoms with Crippen LogP contribution in [0.4, 0.5) is 4.79 Å². The van der Waals surface area contributed by atoms with Crippen LogP contribution < -0.4 is 0 Å². The molecule has 0 aliphatic heterocycles. The molecule has 22 heavy (non-hydrogen) atoms. The third kappa shape index (κ3) is 11.4. The second-order valence-electron chi connectivity index (χ2n) is 5.11. The van der Waals surface area contributed by atoms with Crippen LogP contribution >= 0.6 is 0 Å². The van der Waals surface area contributed by atoms with Gasteiger partial charge in [-0.05, 0) is 13.3 Å². The first-order valence-electron chi connectivity index (χ1n) is 8.21. The number of hydrogen-bond acceptors (Lipinski definition) is 5. The molecular weight excluding hydrogens is 286 g/mol. The molecule has 0 aliphatic rings. The Morgan fingerprint density at radius 2 is 1.55 bits per heavy atom. The Hall–Kier alpha value is -1.30. The first kappa shape index (κ1) is 20.7. The van der Waals surface area contributed by atoms with E-state index in [0.29, 0.717) is 19.8 Å². The summed E-state index contributed by atoms with van der Waals surface area (Å²) in [6.45, 7) is 5.24. The van der Waals surface area contributed by atoms with Gasteiger partial charge in [-0.1, -0.05) is 39.0 Å². The van der Waals surface area contributed by atoms with Gasteiger partial charge in [-0.15, -0.1) is 0 Å². The first-order chi connectivity index (χ1) is 10.7. The zero-order valence-corrected chi connectivity index (χ0v) is 14.3. The second-order valence-corrected chi connectivity index (χ2v) is 5.11. The van der Waals surface area contributed by atoms with E-state index >= 15 is 0 Å². The van der Waals surface area contributed by atoms with Crippen LogP contribution in [0.1, 0.15) is 52.4 Å². The van der Waals surface area contributed by atoms with Gasteiger partial charge >= 0.3 is 12.1 Å². The largest absolute Gasteiger partial charge is 0.464 e. The van der Waals surface area contributed by atoms with Gasteiger partial charge in [0.1, 0.15) is 13.2 Å². The second kappa shape index (κ2) is 14.6. The van der Waals surface area contributed by atoms with E-state index in [1.165, 1.54) is 37.7 Å². The van der Waals surface area contributed by atoms with Crippen LogP contribution in [0.15, 0.2) is 0 Å². The van der Waals surface area contributed by atoms with Crippen LogP contribution in [0.2, 0.25) is 0 Å². The highest BCUT2D eigenvalue weighted by Gasteiger charge is 2.17. The fraction of sp³-hybridized carbons (Fsp3) is 0.875. The van der Waals surface area contributed by atoms with Crippen LogP contribution in [0, 0.1) is 0 Å². The molecule has 0 N–H and O–H groups in total. The minimum absolute atomic E-state index is 0.0713. The van der Waals surface area contributed by atoms with E-state index in [0.717, 1.165) is 12.8 Å². The Kier molecular flexibility index (Phi) is 13.8. The van der Waals surface area contributed by atoms with Gasteiger partial charge in [0.25, 0.3) is 0 Å². The normalized spacial score (nSPS) is 10.3. The van der Waals surface area contributed by atoms with Gasteiger partial charge in [0.15, 0.2) is 0 Å². The molecule has 0 bridgehead atoms. The van der Waals surface area contributed by atoms with Gasteiger partial charge in [-0.25, -0.2) is 4.79 Å². The summed E-state index contributed by atoms with van der Waals surface area (Å²) in [6, 6.07) is 0. The molecule has 0 fully saturated rings.